The Kier molecular flexibility index (Phi) is 4.54. The fourth-order valence-corrected chi connectivity index (χ4v) is 2.22. The first-order valence-corrected chi connectivity index (χ1v) is 6.62. The first-order valence-electron chi connectivity index (χ1n) is 6.62. The number of aliphatic carboxylic acids is 1. The quantitative estimate of drug-likeness (QED) is 0.575. The molecule has 112 valence electrons. The highest BCUT2D eigenvalue weighted by atomic mass is 16.4. The lowest BCUT2D eigenvalue weighted by atomic mass is 10.1. The number of nitrogens with one attached hydrogen (secondary N) is 2. The summed E-state index contributed by atoms with van der Waals surface area (Å²) in [5, 5.41) is 14.6. The van der Waals surface area contributed by atoms with Crippen LogP contribution >= 0.6 is 0 Å². The molecule has 1 aliphatic rings. The molecule has 7 nitrogen and oxygen atoms in total. The van der Waals surface area contributed by atoms with Crippen LogP contribution in [0.2, 0.25) is 0 Å². The van der Waals surface area contributed by atoms with Gasteiger partial charge < -0.3 is 21.5 Å². The summed E-state index contributed by atoms with van der Waals surface area (Å²) in [6.45, 7) is 1.47. The Morgan fingerprint density at radius 1 is 1.29 bits per heavy atom. The lowest BCUT2D eigenvalue weighted by Crippen LogP contribution is -2.41. The summed E-state index contributed by atoms with van der Waals surface area (Å²) in [5.41, 5.74) is 7.57. The summed E-state index contributed by atoms with van der Waals surface area (Å²) < 4.78 is 0. The zero-order chi connectivity index (χ0) is 15.4. The Morgan fingerprint density at radius 2 is 2.00 bits per heavy atom. The number of rotatable bonds is 6. The van der Waals surface area contributed by atoms with Crippen LogP contribution in [-0.2, 0) is 22.7 Å². The Morgan fingerprint density at radius 3 is 2.67 bits per heavy atom. The van der Waals surface area contributed by atoms with Crippen molar-refractivity contribution in [2.45, 2.75) is 32.0 Å². The van der Waals surface area contributed by atoms with E-state index in [9.17, 15) is 14.4 Å². The van der Waals surface area contributed by atoms with E-state index in [0.29, 0.717) is 12.1 Å². The standard InChI is InChI=1S/C14H17N3O4/c15-12(18)4-3-11(14(20)21)17-13(19)8-1-2-9-6-16-7-10(9)5-8/h1-2,5,11,16H,3-4,6-7H2,(H2,15,18)(H,17,19)(H,20,21)/t11-/m0/s1. The fraction of sp³-hybridized carbons (Fsp3) is 0.357. The van der Waals surface area contributed by atoms with Crippen LogP contribution in [-0.4, -0.2) is 28.9 Å². The van der Waals surface area contributed by atoms with E-state index in [1.54, 1.807) is 12.1 Å². The Hall–Kier alpha value is -2.41. The minimum absolute atomic E-state index is 0.0249. The highest BCUT2D eigenvalue weighted by Crippen LogP contribution is 2.17. The number of carbonyl (C=O) groups is 3. The first-order chi connectivity index (χ1) is 9.97. The van der Waals surface area contributed by atoms with E-state index in [2.05, 4.69) is 10.6 Å². The monoisotopic (exact) mass is 291 g/mol. The van der Waals surface area contributed by atoms with Crippen molar-refractivity contribution < 1.29 is 19.5 Å². The molecule has 1 aromatic carbocycles. The zero-order valence-electron chi connectivity index (χ0n) is 11.4. The van der Waals surface area contributed by atoms with Crippen LogP contribution in [0.3, 0.4) is 0 Å². The second-order valence-electron chi connectivity index (χ2n) is 4.96. The van der Waals surface area contributed by atoms with Gasteiger partial charge in [0.1, 0.15) is 6.04 Å². The van der Waals surface area contributed by atoms with Gasteiger partial charge in [-0.05, 0) is 29.7 Å². The van der Waals surface area contributed by atoms with E-state index in [1.807, 2.05) is 6.07 Å². The molecule has 2 rings (SSSR count). The maximum atomic E-state index is 12.1. The lowest BCUT2D eigenvalue weighted by Gasteiger charge is -2.14. The van der Waals surface area contributed by atoms with Crippen molar-refractivity contribution >= 4 is 17.8 Å². The topological polar surface area (TPSA) is 122 Å². The molecule has 0 aliphatic carbocycles. The summed E-state index contributed by atoms with van der Waals surface area (Å²) in [6, 6.07) is 4.13. The molecule has 1 aliphatic heterocycles. The third-order valence-electron chi connectivity index (χ3n) is 3.38. The molecule has 7 heteroatoms. The summed E-state index contributed by atoms with van der Waals surface area (Å²) in [4.78, 5) is 33.9. The summed E-state index contributed by atoms with van der Waals surface area (Å²) in [6.07, 6.45) is -0.117. The Balaban J connectivity index is 2.04. The summed E-state index contributed by atoms with van der Waals surface area (Å²) in [5.74, 6) is -2.26. The number of hydrogen-bond acceptors (Lipinski definition) is 4. The van der Waals surface area contributed by atoms with Gasteiger partial charge in [0.05, 0.1) is 0 Å². The number of carboxylic acids is 1. The third kappa shape index (κ3) is 3.79. The van der Waals surface area contributed by atoms with Crippen molar-refractivity contribution in [3.8, 4) is 0 Å². The molecular formula is C14H17N3O4. The van der Waals surface area contributed by atoms with Crippen molar-refractivity contribution in [2.75, 3.05) is 0 Å². The number of fused-ring (bicyclic) bond motifs is 1. The second kappa shape index (κ2) is 6.36. The van der Waals surface area contributed by atoms with E-state index in [0.717, 1.165) is 17.7 Å². The highest BCUT2D eigenvalue weighted by Gasteiger charge is 2.22. The number of carbonyl (C=O) groups excluding carboxylic acids is 2. The molecule has 1 aromatic rings. The summed E-state index contributed by atoms with van der Waals surface area (Å²) >= 11 is 0. The number of carboxylic acid groups (broad SMARTS) is 1. The van der Waals surface area contributed by atoms with Crippen LogP contribution < -0.4 is 16.4 Å². The molecule has 1 atom stereocenters. The smallest absolute Gasteiger partial charge is 0.326 e. The average Bonchev–Trinajstić information content (AvgIpc) is 2.89. The van der Waals surface area contributed by atoms with Crippen molar-refractivity contribution in [2.24, 2.45) is 5.73 Å². The molecule has 1 heterocycles. The molecule has 0 saturated carbocycles. The van der Waals surface area contributed by atoms with Crippen molar-refractivity contribution in [1.82, 2.24) is 10.6 Å². The molecule has 5 N–H and O–H groups in total. The average molecular weight is 291 g/mol. The van der Waals surface area contributed by atoms with Gasteiger partial charge in [-0.3, -0.25) is 9.59 Å². The largest absolute Gasteiger partial charge is 0.480 e. The predicted octanol–water partition coefficient (Wildman–Crippen LogP) is -0.262. The number of hydrogen-bond donors (Lipinski definition) is 4. The Bertz CT molecular complexity index is 586. The fourth-order valence-electron chi connectivity index (χ4n) is 2.22. The predicted molar refractivity (Wildman–Crippen MR) is 74.3 cm³/mol. The number of nitrogens with two attached hydrogens (primary N) is 1. The van der Waals surface area contributed by atoms with E-state index >= 15 is 0 Å². The highest BCUT2D eigenvalue weighted by molar-refractivity contribution is 5.97. The molecular weight excluding hydrogens is 274 g/mol. The van der Waals surface area contributed by atoms with E-state index < -0.39 is 23.8 Å². The third-order valence-corrected chi connectivity index (χ3v) is 3.38. The van der Waals surface area contributed by atoms with Gasteiger partial charge in [0.15, 0.2) is 0 Å². The molecule has 0 bridgehead atoms. The zero-order valence-corrected chi connectivity index (χ0v) is 11.4. The van der Waals surface area contributed by atoms with Crippen molar-refractivity contribution in [3.63, 3.8) is 0 Å². The molecule has 0 unspecified atom stereocenters. The van der Waals surface area contributed by atoms with Crippen molar-refractivity contribution in [1.29, 1.82) is 0 Å². The number of amides is 2. The van der Waals surface area contributed by atoms with Gasteiger partial charge in [0.2, 0.25) is 5.91 Å². The lowest BCUT2D eigenvalue weighted by molar-refractivity contribution is -0.139. The van der Waals surface area contributed by atoms with Crippen LogP contribution in [0.15, 0.2) is 18.2 Å². The molecule has 0 spiro atoms. The number of primary amides is 1. The van der Waals surface area contributed by atoms with Crippen molar-refractivity contribution in [3.05, 3.63) is 34.9 Å². The van der Waals surface area contributed by atoms with Gasteiger partial charge >= 0.3 is 5.97 Å². The molecule has 0 radical (unpaired) electrons. The normalized spacial score (nSPS) is 14.3. The van der Waals surface area contributed by atoms with Crippen LogP contribution in [0, 0.1) is 0 Å². The van der Waals surface area contributed by atoms with Gasteiger partial charge in [-0.15, -0.1) is 0 Å². The molecule has 2 amide bonds. The maximum Gasteiger partial charge on any atom is 0.326 e. The number of benzene rings is 1. The molecule has 0 aromatic heterocycles. The van der Waals surface area contributed by atoms with Crippen LogP contribution in [0.1, 0.15) is 34.3 Å². The van der Waals surface area contributed by atoms with Gasteiger partial charge in [0.25, 0.3) is 5.91 Å². The van der Waals surface area contributed by atoms with Gasteiger partial charge in [-0.2, -0.15) is 0 Å². The van der Waals surface area contributed by atoms with Crippen LogP contribution in [0.4, 0.5) is 0 Å². The van der Waals surface area contributed by atoms with E-state index in [4.69, 9.17) is 10.8 Å². The molecule has 0 saturated heterocycles. The molecule has 0 fully saturated rings. The van der Waals surface area contributed by atoms with E-state index in [-0.39, 0.29) is 12.8 Å². The van der Waals surface area contributed by atoms with Gasteiger partial charge in [-0.1, -0.05) is 6.07 Å². The molecule has 21 heavy (non-hydrogen) atoms. The SMILES string of the molecule is NC(=O)CC[C@H](NC(=O)c1ccc2c(c1)CNC2)C(=O)O. The first kappa shape index (κ1) is 15.0. The minimum atomic E-state index is -1.19. The van der Waals surface area contributed by atoms with Crippen LogP contribution in [0.25, 0.3) is 0 Å². The second-order valence-corrected chi connectivity index (χ2v) is 4.96. The van der Waals surface area contributed by atoms with E-state index in [1.165, 1.54) is 0 Å². The summed E-state index contributed by atoms with van der Waals surface area (Å²) in [7, 11) is 0. The Labute approximate surface area is 121 Å². The van der Waals surface area contributed by atoms with Gasteiger partial charge in [-0.25, -0.2) is 4.79 Å². The van der Waals surface area contributed by atoms with Crippen LogP contribution in [0.5, 0.6) is 0 Å². The maximum absolute atomic E-state index is 12.1. The van der Waals surface area contributed by atoms with Gasteiger partial charge in [0, 0.05) is 25.1 Å². The minimum Gasteiger partial charge on any atom is -0.480 e.